The van der Waals surface area contributed by atoms with Crippen molar-refractivity contribution >= 4 is 5.91 Å². The van der Waals surface area contributed by atoms with E-state index in [2.05, 4.69) is 34.0 Å². The van der Waals surface area contributed by atoms with Crippen molar-refractivity contribution in [3.8, 4) is 0 Å². The highest BCUT2D eigenvalue weighted by Gasteiger charge is 2.22. The zero-order valence-electron chi connectivity index (χ0n) is 12.1. The van der Waals surface area contributed by atoms with Gasteiger partial charge in [0.1, 0.15) is 0 Å². The number of nitrogens with zero attached hydrogens (tertiary/aromatic N) is 3. The van der Waals surface area contributed by atoms with Crippen LogP contribution in [-0.4, -0.2) is 59.7 Å². The highest BCUT2D eigenvalue weighted by molar-refractivity contribution is 5.90. The second kappa shape index (κ2) is 7.31. The van der Waals surface area contributed by atoms with E-state index in [0.29, 0.717) is 5.92 Å². The van der Waals surface area contributed by atoms with E-state index in [9.17, 15) is 4.79 Å². The summed E-state index contributed by atoms with van der Waals surface area (Å²) in [7, 11) is 0. The third-order valence-electron chi connectivity index (χ3n) is 3.45. The third kappa shape index (κ3) is 4.25. The second-order valence-electron chi connectivity index (χ2n) is 5.31. The maximum atomic E-state index is 12.1. The average Bonchev–Trinajstić information content (AvgIpc) is 2.48. The lowest BCUT2D eigenvalue weighted by Crippen LogP contribution is -2.49. The van der Waals surface area contributed by atoms with Gasteiger partial charge in [0.25, 0.3) is 5.91 Å². The van der Waals surface area contributed by atoms with E-state index in [4.69, 9.17) is 4.74 Å². The number of carbonyl (C=O) groups is 1. The molecule has 0 saturated carbocycles. The zero-order valence-corrected chi connectivity index (χ0v) is 12.1. The first-order chi connectivity index (χ1) is 9.66. The van der Waals surface area contributed by atoms with E-state index in [0.717, 1.165) is 32.8 Å². The molecule has 1 atom stereocenters. The van der Waals surface area contributed by atoms with Crippen molar-refractivity contribution in [3.05, 3.63) is 24.3 Å². The predicted octanol–water partition coefficient (Wildman–Crippen LogP) is 0.563. The average molecular weight is 278 g/mol. The van der Waals surface area contributed by atoms with Crippen LogP contribution in [-0.2, 0) is 4.74 Å². The van der Waals surface area contributed by atoms with Crippen LogP contribution in [0, 0.1) is 5.92 Å². The van der Waals surface area contributed by atoms with Crippen LogP contribution in [0.4, 0.5) is 0 Å². The summed E-state index contributed by atoms with van der Waals surface area (Å²) in [5, 5.41) is 3.03. The highest BCUT2D eigenvalue weighted by Crippen LogP contribution is 2.07. The van der Waals surface area contributed by atoms with Crippen LogP contribution in [0.15, 0.2) is 18.5 Å². The molecule has 1 aromatic rings. The Kier molecular flexibility index (Phi) is 5.43. The Bertz CT molecular complexity index is 418. The molecule has 0 aromatic carbocycles. The molecule has 1 fully saturated rings. The van der Waals surface area contributed by atoms with Crippen LogP contribution in [0.1, 0.15) is 24.5 Å². The summed E-state index contributed by atoms with van der Waals surface area (Å²) in [6.45, 7) is 8.41. The number of morpholine rings is 1. The molecule has 1 aliphatic heterocycles. The van der Waals surface area contributed by atoms with Gasteiger partial charge >= 0.3 is 0 Å². The zero-order chi connectivity index (χ0) is 14.4. The normalized spacial score (nSPS) is 17.9. The van der Waals surface area contributed by atoms with Gasteiger partial charge in [-0.25, -0.2) is 9.97 Å². The highest BCUT2D eigenvalue weighted by atomic mass is 16.5. The molecule has 1 aromatic heterocycles. The van der Waals surface area contributed by atoms with Gasteiger partial charge in [0.2, 0.25) is 5.82 Å². The number of nitrogens with one attached hydrogen (secondary N) is 1. The van der Waals surface area contributed by atoms with Gasteiger partial charge in [-0.15, -0.1) is 0 Å². The number of hydrogen-bond acceptors (Lipinski definition) is 5. The Morgan fingerprint density at radius 3 is 2.60 bits per heavy atom. The number of rotatable bonds is 5. The Balaban J connectivity index is 1.93. The number of ether oxygens (including phenoxy) is 1. The van der Waals surface area contributed by atoms with Crippen LogP contribution in [0.2, 0.25) is 0 Å². The molecule has 1 aliphatic rings. The van der Waals surface area contributed by atoms with Gasteiger partial charge in [0.05, 0.1) is 13.2 Å². The van der Waals surface area contributed by atoms with E-state index in [1.807, 2.05) is 0 Å². The molecule has 1 amide bonds. The molecule has 0 aliphatic carbocycles. The van der Waals surface area contributed by atoms with E-state index in [-0.39, 0.29) is 17.8 Å². The Hall–Kier alpha value is -1.53. The van der Waals surface area contributed by atoms with Crippen molar-refractivity contribution in [2.75, 3.05) is 32.8 Å². The Morgan fingerprint density at radius 2 is 2.00 bits per heavy atom. The lowest BCUT2D eigenvalue weighted by Gasteiger charge is -2.32. The van der Waals surface area contributed by atoms with E-state index >= 15 is 0 Å². The standard InChI is InChI=1S/C14H22N4O2/c1-11(2)12(10-18-6-8-20-9-7-18)17-14(19)13-15-4-3-5-16-13/h3-5,11-12H,6-10H2,1-2H3,(H,17,19)/t12-/m0/s1. The number of aromatic nitrogens is 2. The van der Waals surface area contributed by atoms with Crippen molar-refractivity contribution in [1.29, 1.82) is 0 Å². The monoisotopic (exact) mass is 278 g/mol. The van der Waals surface area contributed by atoms with Gasteiger partial charge in [0, 0.05) is 38.1 Å². The molecule has 0 unspecified atom stereocenters. The molecule has 1 saturated heterocycles. The van der Waals surface area contributed by atoms with Crippen molar-refractivity contribution in [2.45, 2.75) is 19.9 Å². The van der Waals surface area contributed by atoms with Crippen LogP contribution in [0.25, 0.3) is 0 Å². The fraction of sp³-hybridized carbons (Fsp3) is 0.643. The van der Waals surface area contributed by atoms with E-state index in [1.54, 1.807) is 18.5 Å². The SMILES string of the molecule is CC(C)[C@H](CN1CCOCC1)NC(=O)c1ncccn1. The number of hydrogen-bond donors (Lipinski definition) is 1. The van der Waals surface area contributed by atoms with Crippen molar-refractivity contribution < 1.29 is 9.53 Å². The summed E-state index contributed by atoms with van der Waals surface area (Å²) < 4.78 is 5.34. The molecular formula is C14H22N4O2. The summed E-state index contributed by atoms with van der Waals surface area (Å²) in [5.41, 5.74) is 0. The largest absolute Gasteiger partial charge is 0.379 e. The van der Waals surface area contributed by atoms with Crippen LogP contribution in [0.3, 0.4) is 0 Å². The molecule has 2 rings (SSSR count). The summed E-state index contributed by atoms with van der Waals surface area (Å²) in [6.07, 6.45) is 3.16. The van der Waals surface area contributed by atoms with Gasteiger partial charge in [-0.1, -0.05) is 13.8 Å². The van der Waals surface area contributed by atoms with Gasteiger partial charge in [-0.2, -0.15) is 0 Å². The minimum absolute atomic E-state index is 0.0874. The van der Waals surface area contributed by atoms with E-state index in [1.165, 1.54) is 0 Å². The summed E-state index contributed by atoms with van der Waals surface area (Å²) in [4.78, 5) is 22.4. The van der Waals surface area contributed by atoms with Gasteiger partial charge in [-0.05, 0) is 12.0 Å². The fourth-order valence-corrected chi connectivity index (χ4v) is 2.13. The smallest absolute Gasteiger partial charge is 0.289 e. The van der Waals surface area contributed by atoms with Gasteiger partial charge in [0.15, 0.2) is 0 Å². The summed E-state index contributed by atoms with van der Waals surface area (Å²) in [6, 6.07) is 1.79. The summed E-state index contributed by atoms with van der Waals surface area (Å²) in [5.74, 6) is 0.364. The van der Waals surface area contributed by atoms with E-state index < -0.39 is 0 Å². The minimum Gasteiger partial charge on any atom is -0.379 e. The Morgan fingerprint density at radius 1 is 1.35 bits per heavy atom. The molecule has 0 radical (unpaired) electrons. The van der Waals surface area contributed by atoms with Gasteiger partial charge < -0.3 is 10.1 Å². The first-order valence-corrected chi connectivity index (χ1v) is 7.05. The molecule has 1 N–H and O–H groups in total. The number of carbonyl (C=O) groups excluding carboxylic acids is 1. The Labute approximate surface area is 119 Å². The second-order valence-corrected chi connectivity index (χ2v) is 5.31. The van der Waals surface area contributed by atoms with Crippen molar-refractivity contribution in [2.24, 2.45) is 5.92 Å². The van der Waals surface area contributed by atoms with Crippen molar-refractivity contribution in [1.82, 2.24) is 20.2 Å². The molecule has 0 spiro atoms. The van der Waals surface area contributed by atoms with Crippen LogP contribution < -0.4 is 5.32 Å². The van der Waals surface area contributed by atoms with Crippen LogP contribution in [0.5, 0.6) is 0 Å². The van der Waals surface area contributed by atoms with Crippen LogP contribution >= 0.6 is 0 Å². The third-order valence-corrected chi connectivity index (χ3v) is 3.45. The summed E-state index contributed by atoms with van der Waals surface area (Å²) >= 11 is 0. The minimum atomic E-state index is -0.211. The maximum Gasteiger partial charge on any atom is 0.289 e. The quantitative estimate of drug-likeness (QED) is 0.852. The number of amides is 1. The van der Waals surface area contributed by atoms with Gasteiger partial charge in [-0.3, -0.25) is 9.69 Å². The molecule has 6 heteroatoms. The molecule has 2 heterocycles. The molecule has 0 bridgehead atoms. The lowest BCUT2D eigenvalue weighted by molar-refractivity contribution is 0.0307. The first kappa shape index (κ1) is 14.9. The topological polar surface area (TPSA) is 67.3 Å². The fourth-order valence-electron chi connectivity index (χ4n) is 2.13. The maximum absolute atomic E-state index is 12.1. The molecule has 20 heavy (non-hydrogen) atoms. The predicted molar refractivity (Wildman–Crippen MR) is 75.4 cm³/mol. The molecule has 6 nitrogen and oxygen atoms in total. The first-order valence-electron chi connectivity index (χ1n) is 7.05. The molecule has 110 valence electrons. The molecular weight excluding hydrogens is 256 g/mol. The lowest BCUT2D eigenvalue weighted by atomic mass is 10.0. The van der Waals surface area contributed by atoms with Crippen molar-refractivity contribution in [3.63, 3.8) is 0 Å².